The minimum atomic E-state index is 0.387. The van der Waals surface area contributed by atoms with Crippen molar-refractivity contribution in [3.8, 4) is 11.3 Å². The summed E-state index contributed by atoms with van der Waals surface area (Å²) < 4.78 is 2.29. The zero-order chi connectivity index (χ0) is 19.5. The third-order valence-corrected chi connectivity index (χ3v) is 6.43. The molecule has 2 fully saturated rings. The summed E-state index contributed by atoms with van der Waals surface area (Å²) in [4.78, 5) is 13.4. The molecule has 1 aliphatic carbocycles. The molecule has 6 nitrogen and oxygen atoms in total. The van der Waals surface area contributed by atoms with Crippen molar-refractivity contribution in [1.82, 2.24) is 30.4 Å². The molecule has 29 heavy (non-hydrogen) atoms. The van der Waals surface area contributed by atoms with Crippen molar-refractivity contribution in [2.75, 3.05) is 6.54 Å². The second-order valence-corrected chi connectivity index (χ2v) is 8.23. The van der Waals surface area contributed by atoms with Gasteiger partial charge in [-0.3, -0.25) is 10.9 Å². The van der Waals surface area contributed by atoms with E-state index in [9.17, 15) is 0 Å². The lowest BCUT2D eigenvalue weighted by molar-refractivity contribution is 0.266. The van der Waals surface area contributed by atoms with Crippen LogP contribution in [0.25, 0.3) is 11.3 Å². The number of rotatable bonds is 5. The number of hydrogen-bond acceptors (Lipinski definition) is 5. The fourth-order valence-corrected chi connectivity index (χ4v) is 5.03. The predicted molar refractivity (Wildman–Crippen MR) is 113 cm³/mol. The van der Waals surface area contributed by atoms with Crippen molar-refractivity contribution in [1.29, 1.82) is 0 Å². The lowest BCUT2D eigenvalue weighted by atomic mass is 9.78. The van der Waals surface area contributed by atoms with E-state index in [0.29, 0.717) is 18.5 Å². The lowest BCUT2D eigenvalue weighted by Gasteiger charge is -2.31. The van der Waals surface area contributed by atoms with Crippen LogP contribution in [0.2, 0.25) is 0 Å². The molecule has 2 atom stereocenters. The number of nitrogens with zero attached hydrogens (tertiary/aromatic N) is 4. The first-order chi connectivity index (χ1) is 14.4. The Morgan fingerprint density at radius 2 is 1.86 bits per heavy atom. The van der Waals surface area contributed by atoms with Gasteiger partial charge in [-0.2, -0.15) is 0 Å². The van der Waals surface area contributed by atoms with E-state index in [-0.39, 0.29) is 0 Å². The highest BCUT2D eigenvalue weighted by Gasteiger charge is 2.38. The van der Waals surface area contributed by atoms with Crippen LogP contribution in [0.15, 0.2) is 55.2 Å². The molecule has 0 amide bonds. The van der Waals surface area contributed by atoms with Gasteiger partial charge in [0.2, 0.25) is 0 Å². The Balaban J connectivity index is 1.54. The van der Waals surface area contributed by atoms with Crippen molar-refractivity contribution in [2.24, 2.45) is 5.92 Å². The molecule has 0 spiro atoms. The monoisotopic (exact) mass is 388 g/mol. The normalized spacial score (nSPS) is 22.8. The average molecular weight is 389 g/mol. The van der Waals surface area contributed by atoms with Crippen LogP contribution < -0.4 is 10.9 Å². The third-order valence-electron chi connectivity index (χ3n) is 6.43. The number of benzene rings is 1. The molecule has 1 saturated heterocycles. The molecule has 2 aliphatic rings. The van der Waals surface area contributed by atoms with Gasteiger partial charge in [0, 0.05) is 30.3 Å². The maximum atomic E-state index is 4.87. The number of imidazole rings is 1. The average Bonchev–Trinajstić information content (AvgIpc) is 3.42. The molecule has 0 bridgehead atoms. The summed E-state index contributed by atoms with van der Waals surface area (Å²) in [6.07, 6.45) is 12.1. The van der Waals surface area contributed by atoms with Gasteiger partial charge in [-0.1, -0.05) is 49.6 Å². The Bertz CT molecular complexity index is 917. The van der Waals surface area contributed by atoms with Gasteiger partial charge in [0.25, 0.3) is 0 Å². The van der Waals surface area contributed by atoms with Gasteiger partial charge >= 0.3 is 0 Å². The summed E-state index contributed by atoms with van der Waals surface area (Å²) in [6.45, 7) is 1.64. The molecule has 6 heteroatoms. The van der Waals surface area contributed by atoms with Gasteiger partial charge in [-0.15, -0.1) is 0 Å². The standard InChI is InChI=1S/C23H28N6/c1-3-7-17(8-4-1)21-20(13-27-28-21)23-22(18-9-5-2-6-10-18)26-16-29(23)14-19-11-12-24-15-25-19/h2,5-6,9-12,15-17,20-21,27-28H,1,3-4,7-8,13-14H2. The van der Waals surface area contributed by atoms with E-state index in [2.05, 4.69) is 55.7 Å². The second kappa shape index (κ2) is 8.43. The minimum Gasteiger partial charge on any atom is -0.328 e. The Hall–Kier alpha value is -2.57. The van der Waals surface area contributed by atoms with E-state index in [4.69, 9.17) is 4.98 Å². The Kier molecular flexibility index (Phi) is 5.37. The summed E-state index contributed by atoms with van der Waals surface area (Å²) in [5, 5.41) is 0. The minimum absolute atomic E-state index is 0.387. The number of hydrogen-bond donors (Lipinski definition) is 2. The first kappa shape index (κ1) is 18.5. The van der Waals surface area contributed by atoms with Crippen LogP contribution in [0.5, 0.6) is 0 Å². The van der Waals surface area contributed by atoms with Crippen LogP contribution >= 0.6 is 0 Å². The molecule has 2 aromatic heterocycles. The number of aromatic nitrogens is 4. The Morgan fingerprint density at radius 3 is 2.66 bits per heavy atom. The Labute approximate surface area is 171 Å². The molecule has 3 heterocycles. The predicted octanol–water partition coefficient (Wildman–Crippen LogP) is 3.53. The van der Waals surface area contributed by atoms with Crippen LogP contribution in [0.4, 0.5) is 0 Å². The molecular weight excluding hydrogens is 360 g/mol. The molecular formula is C23H28N6. The first-order valence-electron chi connectivity index (χ1n) is 10.7. The number of nitrogens with one attached hydrogen (secondary N) is 2. The zero-order valence-electron chi connectivity index (χ0n) is 16.7. The second-order valence-electron chi connectivity index (χ2n) is 8.23. The number of hydrazine groups is 1. The van der Waals surface area contributed by atoms with E-state index >= 15 is 0 Å². The van der Waals surface area contributed by atoms with Crippen molar-refractivity contribution >= 4 is 0 Å². The quantitative estimate of drug-likeness (QED) is 0.700. The lowest BCUT2D eigenvalue weighted by Crippen LogP contribution is -2.39. The third kappa shape index (κ3) is 3.82. The van der Waals surface area contributed by atoms with Gasteiger partial charge in [0.15, 0.2) is 0 Å². The van der Waals surface area contributed by atoms with Gasteiger partial charge < -0.3 is 4.57 Å². The molecule has 3 aromatic rings. The van der Waals surface area contributed by atoms with E-state index < -0.39 is 0 Å². The fourth-order valence-electron chi connectivity index (χ4n) is 5.03. The highest BCUT2D eigenvalue weighted by Crippen LogP contribution is 2.38. The summed E-state index contributed by atoms with van der Waals surface area (Å²) in [6, 6.07) is 13.0. The van der Waals surface area contributed by atoms with E-state index in [1.54, 1.807) is 12.5 Å². The van der Waals surface area contributed by atoms with Gasteiger partial charge in [-0.05, 0) is 24.8 Å². The van der Waals surface area contributed by atoms with Crippen molar-refractivity contribution in [3.05, 3.63) is 66.6 Å². The van der Waals surface area contributed by atoms with E-state index in [1.807, 2.05) is 12.4 Å². The van der Waals surface area contributed by atoms with E-state index in [1.165, 1.54) is 43.4 Å². The molecule has 1 aliphatic heterocycles. The van der Waals surface area contributed by atoms with Gasteiger partial charge in [0.1, 0.15) is 6.33 Å². The zero-order valence-corrected chi connectivity index (χ0v) is 16.7. The molecule has 1 saturated carbocycles. The maximum Gasteiger partial charge on any atom is 0.115 e. The summed E-state index contributed by atoms with van der Waals surface area (Å²) in [5.41, 5.74) is 11.7. The Morgan fingerprint density at radius 1 is 1.00 bits per heavy atom. The topological polar surface area (TPSA) is 67.7 Å². The van der Waals surface area contributed by atoms with Crippen molar-refractivity contribution in [2.45, 2.75) is 50.6 Å². The van der Waals surface area contributed by atoms with Gasteiger partial charge in [-0.25, -0.2) is 15.0 Å². The largest absolute Gasteiger partial charge is 0.328 e. The SMILES string of the molecule is c1ccc(-c2ncn(Cc3ccncn3)c2C2CNNC2C2CCCCC2)cc1. The maximum absolute atomic E-state index is 4.87. The highest BCUT2D eigenvalue weighted by molar-refractivity contribution is 5.63. The van der Waals surface area contributed by atoms with Gasteiger partial charge in [0.05, 0.1) is 30.0 Å². The van der Waals surface area contributed by atoms with Crippen LogP contribution in [0, 0.1) is 5.92 Å². The van der Waals surface area contributed by atoms with Crippen LogP contribution in [-0.2, 0) is 6.54 Å². The first-order valence-corrected chi connectivity index (χ1v) is 10.7. The summed E-state index contributed by atoms with van der Waals surface area (Å²) >= 11 is 0. The molecule has 150 valence electrons. The molecule has 2 unspecified atom stereocenters. The molecule has 0 radical (unpaired) electrons. The van der Waals surface area contributed by atoms with Crippen molar-refractivity contribution < 1.29 is 0 Å². The molecule has 5 rings (SSSR count). The molecule has 1 aromatic carbocycles. The van der Waals surface area contributed by atoms with E-state index in [0.717, 1.165) is 23.9 Å². The van der Waals surface area contributed by atoms with Crippen molar-refractivity contribution in [3.63, 3.8) is 0 Å². The van der Waals surface area contributed by atoms with Crippen LogP contribution in [0.3, 0.4) is 0 Å². The van der Waals surface area contributed by atoms with Crippen LogP contribution in [0.1, 0.15) is 49.4 Å². The summed E-state index contributed by atoms with van der Waals surface area (Å²) in [7, 11) is 0. The fraction of sp³-hybridized carbons (Fsp3) is 0.435. The van der Waals surface area contributed by atoms with Crippen LogP contribution in [-0.4, -0.2) is 32.1 Å². The summed E-state index contributed by atoms with van der Waals surface area (Å²) in [5.74, 6) is 1.10. The smallest absolute Gasteiger partial charge is 0.115 e. The molecule has 2 N–H and O–H groups in total. The highest BCUT2D eigenvalue weighted by atomic mass is 15.4.